The lowest BCUT2D eigenvalue weighted by Crippen LogP contribution is -1.98. The molecule has 0 amide bonds. The Balaban J connectivity index is 2.45. The topological polar surface area (TPSA) is 20.2 Å². The number of hydrogen-bond acceptors (Lipinski definition) is 2. The van der Waals surface area contributed by atoms with Crippen LogP contribution in [0.25, 0.3) is 0 Å². The van der Waals surface area contributed by atoms with Crippen molar-refractivity contribution in [2.24, 2.45) is 0 Å². The Morgan fingerprint density at radius 1 is 1.25 bits per heavy atom. The van der Waals surface area contributed by atoms with Crippen LogP contribution in [0.3, 0.4) is 0 Å². The standard InChI is InChI=1S/C11H7BrCl2OS/c12-8-3-4-16-11(8)10(15)7-5-6(13)1-2-9(7)14/h1-5,10,15H. The van der Waals surface area contributed by atoms with Gasteiger partial charge in [-0.3, -0.25) is 0 Å². The number of benzene rings is 1. The molecular weight excluding hydrogens is 331 g/mol. The molecule has 5 heteroatoms. The maximum absolute atomic E-state index is 10.2. The first kappa shape index (κ1) is 12.4. The zero-order valence-electron chi connectivity index (χ0n) is 7.95. The Morgan fingerprint density at radius 3 is 2.62 bits per heavy atom. The fraction of sp³-hybridized carbons (Fsp3) is 0.0909. The van der Waals surface area contributed by atoms with Crippen LogP contribution < -0.4 is 0 Å². The predicted molar refractivity (Wildman–Crippen MR) is 72.5 cm³/mol. The quantitative estimate of drug-likeness (QED) is 0.826. The summed E-state index contributed by atoms with van der Waals surface area (Å²) in [5, 5.41) is 13.2. The molecule has 0 fully saturated rings. The van der Waals surface area contributed by atoms with Gasteiger partial charge in [-0.15, -0.1) is 11.3 Å². The third-order valence-corrected chi connectivity index (χ3v) is 4.65. The van der Waals surface area contributed by atoms with Crippen LogP contribution in [0, 0.1) is 0 Å². The van der Waals surface area contributed by atoms with Crippen LogP contribution in [0.5, 0.6) is 0 Å². The third-order valence-electron chi connectivity index (χ3n) is 2.15. The van der Waals surface area contributed by atoms with Crippen molar-refractivity contribution < 1.29 is 5.11 Å². The minimum Gasteiger partial charge on any atom is -0.383 e. The zero-order valence-corrected chi connectivity index (χ0v) is 11.9. The monoisotopic (exact) mass is 336 g/mol. The van der Waals surface area contributed by atoms with Crippen molar-refractivity contribution in [3.05, 3.63) is 54.6 Å². The second-order valence-corrected chi connectivity index (χ2v) is 5.85. The van der Waals surface area contributed by atoms with Crippen LogP contribution in [0.2, 0.25) is 10.0 Å². The smallest absolute Gasteiger partial charge is 0.116 e. The first-order chi connectivity index (χ1) is 7.59. The zero-order chi connectivity index (χ0) is 11.7. The molecule has 1 aromatic carbocycles. The highest BCUT2D eigenvalue weighted by Crippen LogP contribution is 2.36. The first-order valence-corrected chi connectivity index (χ1v) is 6.88. The van der Waals surface area contributed by atoms with Crippen LogP contribution >= 0.6 is 50.5 Å². The molecule has 2 rings (SSSR count). The van der Waals surface area contributed by atoms with Gasteiger partial charge in [0.05, 0.1) is 4.88 Å². The van der Waals surface area contributed by atoms with Crippen molar-refractivity contribution in [2.45, 2.75) is 6.10 Å². The summed E-state index contributed by atoms with van der Waals surface area (Å²) in [4.78, 5) is 0.823. The molecule has 0 bridgehead atoms. The Morgan fingerprint density at radius 2 is 2.00 bits per heavy atom. The second kappa shape index (κ2) is 5.07. The van der Waals surface area contributed by atoms with Crippen LogP contribution in [0.1, 0.15) is 16.5 Å². The van der Waals surface area contributed by atoms with Gasteiger partial charge in [-0.25, -0.2) is 0 Å². The molecule has 84 valence electrons. The number of hydrogen-bond donors (Lipinski definition) is 1. The molecule has 1 atom stereocenters. The van der Waals surface area contributed by atoms with Crippen LogP contribution in [0.4, 0.5) is 0 Å². The van der Waals surface area contributed by atoms with Gasteiger partial charge in [0, 0.05) is 20.1 Å². The Labute approximate surface area is 116 Å². The summed E-state index contributed by atoms with van der Waals surface area (Å²) in [5.74, 6) is 0. The minimum absolute atomic E-state index is 0.511. The van der Waals surface area contributed by atoms with E-state index in [1.165, 1.54) is 11.3 Å². The highest BCUT2D eigenvalue weighted by Gasteiger charge is 2.18. The molecule has 1 heterocycles. The summed E-state index contributed by atoms with van der Waals surface area (Å²) in [7, 11) is 0. The van der Waals surface area contributed by atoms with E-state index < -0.39 is 6.10 Å². The summed E-state index contributed by atoms with van der Waals surface area (Å²) in [5.41, 5.74) is 0.623. The Bertz CT molecular complexity index is 512. The van der Waals surface area contributed by atoms with Gasteiger partial charge in [0.25, 0.3) is 0 Å². The molecule has 1 nitrogen and oxygen atoms in total. The van der Waals surface area contributed by atoms with Gasteiger partial charge in [0.15, 0.2) is 0 Å². The summed E-state index contributed by atoms with van der Waals surface area (Å²) in [6.45, 7) is 0. The molecule has 0 aliphatic carbocycles. The van der Waals surface area contributed by atoms with Gasteiger partial charge in [0.2, 0.25) is 0 Å². The van der Waals surface area contributed by atoms with Gasteiger partial charge >= 0.3 is 0 Å². The first-order valence-electron chi connectivity index (χ1n) is 4.45. The summed E-state index contributed by atoms with van der Waals surface area (Å²) < 4.78 is 0.876. The van der Waals surface area contributed by atoms with Gasteiger partial charge in [-0.2, -0.15) is 0 Å². The van der Waals surface area contributed by atoms with E-state index in [2.05, 4.69) is 15.9 Å². The summed E-state index contributed by atoms with van der Waals surface area (Å²) in [6.07, 6.45) is -0.749. The van der Waals surface area contributed by atoms with E-state index in [1.807, 2.05) is 11.4 Å². The lowest BCUT2D eigenvalue weighted by atomic mass is 10.1. The second-order valence-electron chi connectivity index (χ2n) is 3.20. The largest absolute Gasteiger partial charge is 0.383 e. The molecule has 2 aromatic rings. The fourth-order valence-electron chi connectivity index (χ4n) is 1.37. The lowest BCUT2D eigenvalue weighted by Gasteiger charge is -2.12. The Hall–Kier alpha value is -0.0600. The van der Waals surface area contributed by atoms with Crippen molar-refractivity contribution in [3.8, 4) is 0 Å². The minimum atomic E-state index is -0.749. The molecule has 0 spiro atoms. The molecule has 0 saturated carbocycles. The number of rotatable bonds is 2. The van der Waals surface area contributed by atoms with E-state index in [0.29, 0.717) is 15.6 Å². The molecule has 0 saturated heterocycles. The van der Waals surface area contributed by atoms with Crippen molar-refractivity contribution in [1.82, 2.24) is 0 Å². The predicted octanol–water partition coefficient (Wildman–Crippen LogP) is 4.90. The molecule has 16 heavy (non-hydrogen) atoms. The molecule has 1 unspecified atom stereocenters. The van der Waals surface area contributed by atoms with Crippen molar-refractivity contribution in [1.29, 1.82) is 0 Å². The van der Waals surface area contributed by atoms with E-state index in [9.17, 15) is 5.11 Å². The van der Waals surface area contributed by atoms with Crippen molar-refractivity contribution >= 4 is 50.5 Å². The molecule has 0 radical (unpaired) electrons. The lowest BCUT2D eigenvalue weighted by molar-refractivity contribution is 0.223. The van der Waals surface area contributed by atoms with E-state index in [4.69, 9.17) is 23.2 Å². The molecule has 1 aromatic heterocycles. The van der Waals surface area contributed by atoms with E-state index in [-0.39, 0.29) is 0 Å². The van der Waals surface area contributed by atoms with Gasteiger partial charge in [-0.1, -0.05) is 23.2 Å². The van der Waals surface area contributed by atoms with E-state index >= 15 is 0 Å². The van der Waals surface area contributed by atoms with Gasteiger partial charge < -0.3 is 5.11 Å². The van der Waals surface area contributed by atoms with E-state index in [1.54, 1.807) is 18.2 Å². The number of thiophene rings is 1. The maximum atomic E-state index is 10.2. The van der Waals surface area contributed by atoms with Gasteiger partial charge in [0.1, 0.15) is 6.10 Å². The molecule has 1 N–H and O–H groups in total. The molecule has 0 aliphatic heterocycles. The SMILES string of the molecule is OC(c1cc(Cl)ccc1Cl)c1sccc1Br. The summed E-state index contributed by atoms with van der Waals surface area (Å²) >= 11 is 16.8. The van der Waals surface area contributed by atoms with Crippen molar-refractivity contribution in [3.63, 3.8) is 0 Å². The van der Waals surface area contributed by atoms with E-state index in [0.717, 1.165) is 9.35 Å². The van der Waals surface area contributed by atoms with Crippen molar-refractivity contribution in [2.75, 3.05) is 0 Å². The average Bonchev–Trinajstić information content (AvgIpc) is 2.67. The van der Waals surface area contributed by atoms with Crippen LogP contribution in [-0.4, -0.2) is 5.11 Å². The van der Waals surface area contributed by atoms with Gasteiger partial charge in [-0.05, 0) is 45.6 Å². The maximum Gasteiger partial charge on any atom is 0.116 e. The number of halogens is 3. The van der Waals surface area contributed by atoms with Crippen LogP contribution in [-0.2, 0) is 0 Å². The highest BCUT2D eigenvalue weighted by atomic mass is 79.9. The average molecular weight is 338 g/mol. The number of aliphatic hydroxyl groups is 1. The third kappa shape index (κ3) is 2.44. The Kier molecular flexibility index (Phi) is 3.93. The fourth-order valence-corrected chi connectivity index (χ4v) is 3.36. The molecular formula is C11H7BrCl2OS. The number of aliphatic hydroxyl groups excluding tert-OH is 1. The summed E-state index contributed by atoms with van der Waals surface area (Å²) in [6, 6.07) is 6.95. The normalized spacial score (nSPS) is 12.8. The molecule has 0 aliphatic rings. The highest BCUT2D eigenvalue weighted by molar-refractivity contribution is 9.10. The van der Waals surface area contributed by atoms with Crippen LogP contribution in [0.15, 0.2) is 34.1 Å².